The van der Waals surface area contributed by atoms with Crippen LogP contribution in [0.25, 0.3) is 6.08 Å². The molecule has 3 rings (SSSR count). The molecule has 0 fully saturated rings. The Morgan fingerprint density at radius 3 is 2.47 bits per heavy atom. The molecular formula is C25H18BrCl3N2O3. The third kappa shape index (κ3) is 6.68. The summed E-state index contributed by atoms with van der Waals surface area (Å²) in [6, 6.07) is 17.5. The van der Waals surface area contributed by atoms with Crippen molar-refractivity contribution in [1.29, 1.82) is 5.26 Å². The molecule has 0 radical (unpaired) electrons. The van der Waals surface area contributed by atoms with Gasteiger partial charge in [0.05, 0.1) is 22.3 Å². The lowest BCUT2D eigenvalue weighted by Crippen LogP contribution is -2.13. The maximum Gasteiger partial charge on any atom is 0.266 e. The lowest BCUT2D eigenvalue weighted by atomic mass is 10.1. The van der Waals surface area contributed by atoms with Crippen LogP contribution >= 0.6 is 50.7 Å². The quantitative estimate of drug-likeness (QED) is 0.217. The number of hydrogen-bond acceptors (Lipinski definition) is 4. The zero-order valence-electron chi connectivity index (χ0n) is 17.9. The monoisotopic (exact) mass is 578 g/mol. The number of nitrogens with one attached hydrogen (secondary N) is 1. The summed E-state index contributed by atoms with van der Waals surface area (Å²) < 4.78 is 12.3. The SMILES string of the molecule is CCOc1cc(/C=C(/C#N)C(=O)Nc2cccc(Cl)c2Cl)c(Br)cc1OCc1ccc(Cl)cc1. The Hall–Kier alpha value is -2.69. The normalized spacial score (nSPS) is 11.0. The van der Waals surface area contributed by atoms with Crippen LogP contribution < -0.4 is 14.8 Å². The van der Waals surface area contributed by atoms with Gasteiger partial charge in [-0.15, -0.1) is 0 Å². The van der Waals surface area contributed by atoms with Crippen molar-refractivity contribution in [3.63, 3.8) is 0 Å². The second-order valence-electron chi connectivity index (χ2n) is 6.89. The number of nitriles is 1. The summed E-state index contributed by atoms with van der Waals surface area (Å²) in [7, 11) is 0. The molecule has 0 spiro atoms. The minimum absolute atomic E-state index is 0.131. The van der Waals surface area contributed by atoms with Crippen molar-refractivity contribution in [2.75, 3.05) is 11.9 Å². The van der Waals surface area contributed by atoms with Crippen LogP contribution in [-0.2, 0) is 11.4 Å². The molecule has 0 aliphatic rings. The van der Waals surface area contributed by atoms with Gasteiger partial charge in [-0.1, -0.05) is 68.9 Å². The van der Waals surface area contributed by atoms with Gasteiger partial charge in [0.2, 0.25) is 0 Å². The highest BCUT2D eigenvalue weighted by Gasteiger charge is 2.16. The largest absolute Gasteiger partial charge is 0.490 e. The number of ether oxygens (including phenoxy) is 2. The van der Waals surface area contributed by atoms with E-state index in [9.17, 15) is 10.1 Å². The van der Waals surface area contributed by atoms with Crippen molar-refractivity contribution in [1.82, 2.24) is 0 Å². The van der Waals surface area contributed by atoms with Crippen LogP contribution in [0.2, 0.25) is 15.1 Å². The summed E-state index contributed by atoms with van der Waals surface area (Å²) in [5, 5.41) is 13.3. The number of hydrogen-bond donors (Lipinski definition) is 1. The highest BCUT2D eigenvalue weighted by molar-refractivity contribution is 9.10. The lowest BCUT2D eigenvalue weighted by Gasteiger charge is -2.14. The van der Waals surface area contributed by atoms with Crippen LogP contribution in [0.5, 0.6) is 11.5 Å². The number of nitrogens with zero attached hydrogens (tertiary/aromatic N) is 1. The van der Waals surface area contributed by atoms with Crippen LogP contribution in [0.3, 0.4) is 0 Å². The number of carbonyl (C=O) groups is 1. The summed E-state index contributed by atoms with van der Waals surface area (Å²) in [6.07, 6.45) is 1.45. The fraction of sp³-hybridized carbons (Fsp3) is 0.120. The number of rotatable bonds is 8. The summed E-state index contributed by atoms with van der Waals surface area (Å²) in [5.74, 6) is 0.357. The average Bonchev–Trinajstić information content (AvgIpc) is 2.82. The number of halogens is 4. The van der Waals surface area contributed by atoms with Gasteiger partial charge in [0.15, 0.2) is 11.5 Å². The van der Waals surface area contributed by atoms with E-state index in [4.69, 9.17) is 44.3 Å². The summed E-state index contributed by atoms with van der Waals surface area (Å²) in [5.41, 5.74) is 1.68. The molecule has 0 unspecified atom stereocenters. The molecule has 0 atom stereocenters. The average molecular weight is 581 g/mol. The van der Waals surface area contributed by atoms with Crippen molar-refractivity contribution in [3.8, 4) is 17.6 Å². The van der Waals surface area contributed by atoms with Gasteiger partial charge in [-0.2, -0.15) is 5.26 Å². The van der Waals surface area contributed by atoms with Gasteiger partial charge >= 0.3 is 0 Å². The molecule has 0 aromatic heterocycles. The highest BCUT2D eigenvalue weighted by atomic mass is 79.9. The first kappa shape index (κ1) is 25.9. The molecule has 174 valence electrons. The number of benzene rings is 3. The van der Waals surface area contributed by atoms with Gasteiger partial charge < -0.3 is 14.8 Å². The van der Waals surface area contributed by atoms with Crippen molar-refractivity contribution in [2.24, 2.45) is 0 Å². The van der Waals surface area contributed by atoms with E-state index in [1.807, 2.05) is 25.1 Å². The molecule has 0 aliphatic carbocycles. The van der Waals surface area contributed by atoms with Crippen LogP contribution in [0.15, 0.2) is 64.6 Å². The fourth-order valence-electron chi connectivity index (χ4n) is 2.88. The van der Waals surface area contributed by atoms with E-state index in [0.29, 0.717) is 50.5 Å². The zero-order valence-corrected chi connectivity index (χ0v) is 21.7. The molecule has 3 aromatic carbocycles. The fourth-order valence-corrected chi connectivity index (χ4v) is 3.79. The molecule has 0 aliphatic heterocycles. The molecule has 3 aromatic rings. The lowest BCUT2D eigenvalue weighted by molar-refractivity contribution is -0.112. The standard InChI is InChI=1S/C25H18BrCl3N2O3/c1-2-33-22-11-16(19(26)12-23(22)34-14-15-6-8-18(27)9-7-15)10-17(13-30)25(32)31-21-5-3-4-20(28)24(21)29/h3-12H,2,14H2,1H3,(H,31,32)/b17-10-. The molecule has 9 heteroatoms. The van der Waals surface area contributed by atoms with Gasteiger partial charge in [-0.25, -0.2) is 0 Å². The van der Waals surface area contributed by atoms with Crippen LogP contribution in [0, 0.1) is 11.3 Å². The van der Waals surface area contributed by atoms with E-state index >= 15 is 0 Å². The minimum atomic E-state index is -0.625. The molecule has 0 saturated carbocycles. The summed E-state index contributed by atoms with van der Waals surface area (Å²) in [6.45, 7) is 2.56. The Bertz CT molecular complexity index is 1270. The minimum Gasteiger partial charge on any atom is -0.490 e. The second-order valence-corrected chi connectivity index (χ2v) is 8.97. The first-order chi connectivity index (χ1) is 16.3. The predicted molar refractivity (Wildman–Crippen MR) is 140 cm³/mol. The zero-order chi connectivity index (χ0) is 24.7. The van der Waals surface area contributed by atoms with E-state index in [1.165, 1.54) is 6.08 Å². The number of amides is 1. The second kappa shape index (κ2) is 12.1. The van der Waals surface area contributed by atoms with E-state index < -0.39 is 5.91 Å². The Kier molecular flexibility index (Phi) is 9.26. The molecule has 1 N–H and O–H groups in total. The Labute approximate surface area is 221 Å². The van der Waals surface area contributed by atoms with E-state index in [-0.39, 0.29) is 10.6 Å². The van der Waals surface area contributed by atoms with Gasteiger partial charge in [0.1, 0.15) is 18.2 Å². The predicted octanol–water partition coefficient (Wildman–Crippen LogP) is 7.93. The van der Waals surface area contributed by atoms with Crippen LogP contribution in [0.4, 0.5) is 5.69 Å². The van der Waals surface area contributed by atoms with E-state index in [1.54, 1.807) is 42.5 Å². The number of carbonyl (C=O) groups excluding carboxylic acids is 1. The molecular weight excluding hydrogens is 563 g/mol. The van der Waals surface area contributed by atoms with Crippen molar-refractivity contribution in [3.05, 3.63) is 90.8 Å². The summed E-state index contributed by atoms with van der Waals surface area (Å²) in [4.78, 5) is 12.7. The van der Waals surface area contributed by atoms with Crippen LogP contribution in [-0.4, -0.2) is 12.5 Å². The Morgan fingerprint density at radius 1 is 1.09 bits per heavy atom. The third-order valence-corrected chi connectivity index (χ3v) is 6.29. The van der Waals surface area contributed by atoms with Crippen molar-refractivity contribution < 1.29 is 14.3 Å². The first-order valence-electron chi connectivity index (χ1n) is 10.0. The van der Waals surface area contributed by atoms with Gasteiger partial charge in [0.25, 0.3) is 5.91 Å². The van der Waals surface area contributed by atoms with Gasteiger partial charge in [0, 0.05) is 9.50 Å². The van der Waals surface area contributed by atoms with Crippen LogP contribution in [0.1, 0.15) is 18.1 Å². The maximum atomic E-state index is 12.7. The van der Waals surface area contributed by atoms with Gasteiger partial charge in [-0.05, 0) is 60.5 Å². The third-order valence-electron chi connectivity index (χ3n) is 4.54. The highest BCUT2D eigenvalue weighted by Crippen LogP contribution is 2.36. The molecule has 5 nitrogen and oxygen atoms in total. The molecule has 0 saturated heterocycles. The van der Waals surface area contributed by atoms with E-state index in [2.05, 4.69) is 21.2 Å². The van der Waals surface area contributed by atoms with E-state index in [0.717, 1.165) is 5.56 Å². The molecule has 1 amide bonds. The first-order valence-corrected chi connectivity index (χ1v) is 12.0. The number of anilines is 1. The molecule has 34 heavy (non-hydrogen) atoms. The molecule has 0 bridgehead atoms. The van der Waals surface area contributed by atoms with Crippen molar-refractivity contribution >= 4 is 68.4 Å². The van der Waals surface area contributed by atoms with Crippen molar-refractivity contribution in [2.45, 2.75) is 13.5 Å². The molecule has 0 heterocycles. The van der Waals surface area contributed by atoms with Gasteiger partial charge in [-0.3, -0.25) is 4.79 Å². The smallest absolute Gasteiger partial charge is 0.266 e. The Morgan fingerprint density at radius 2 is 1.79 bits per heavy atom. The maximum absolute atomic E-state index is 12.7. The topological polar surface area (TPSA) is 71.3 Å². The Balaban J connectivity index is 1.86. The summed E-state index contributed by atoms with van der Waals surface area (Å²) >= 11 is 21.5.